The molecule has 3 nitrogen and oxygen atoms in total. The van der Waals surface area contributed by atoms with Gasteiger partial charge in [0, 0.05) is 12.0 Å². The minimum Gasteiger partial charge on any atom is -0.481 e. The smallest absolute Gasteiger partial charge is 0.307 e. The van der Waals surface area contributed by atoms with Gasteiger partial charge in [-0.05, 0) is 18.9 Å². The minimum absolute atomic E-state index is 0.0211. The third kappa shape index (κ3) is 6.07. The van der Waals surface area contributed by atoms with E-state index >= 15 is 0 Å². The summed E-state index contributed by atoms with van der Waals surface area (Å²) in [6, 6.07) is 16.6. The van der Waals surface area contributed by atoms with Crippen molar-refractivity contribution < 1.29 is 14.7 Å². The third-order valence-corrected chi connectivity index (χ3v) is 3.48. The summed E-state index contributed by atoms with van der Waals surface area (Å²) in [5.41, 5.74) is 2.58. The number of rotatable bonds is 6. The van der Waals surface area contributed by atoms with Crippen molar-refractivity contribution in [3.8, 4) is 0 Å². The molecule has 0 bridgehead atoms. The van der Waals surface area contributed by atoms with E-state index in [1.54, 1.807) is 12.1 Å². The molecule has 2 rings (SSSR count). The fraction of sp³-hybridized carbons (Fsp3) is 0.300. The second kappa shape index (κ2) is 9.57. The van der Waals surface area contributed by atoms with Crippen LogP contribution in [0.25, 0.3) is 0 Å². The van der Waals surface area contributed by atoms with Crippen LogP contribution in [0.1, 0.15) is 41.8 Å². The predicted molar refractivity (Wildman–Crippen MR) is 92.7 cm³/mol. The van der Waals surface area contributed by atoms with Crippen molar-refractivity contribution >= 4 is 11.8 Å². The normalized spacial score (nSPS) is 11.1. The standard InChI is InChI=1S/C18H18O3.C2H6/c1-13-7-9-15(10-8-13)17(19)12-16(18(20)21)11-14-5-3-2-4-6-14;1-2/h2-10,16H,11-12H2,1H3,(H,20,21);1-2H3. The minimum atomic E-state index is -0.931. The van der Waals surface area contributed by atoms with Crippen LogP contribution in [-0.2, 0) is 11.2 Å². The van der Waals surface area contributed by atoms with Crippen molar-refractivity contribution in [2.24, 2.45) is 5.92 Å². The lowest BCUT2D eigenvalue weighted by atomic mass is 9.92. The summed E-state index contributed by atoms with van der Waals surface area (Å²) in [4.78, 5) is 23.6. The average molecular weight is 312 g/mol. The Bertz CT molecular complexity index is 615. The SMILES string of the molecule is CC.Cc1ccc(C(=O)CC(Cc2ccccc2)C(=O)O)cc1. The van der Waals surface area contributed by atoms with Gasteiger partial charge in [0.2, 0.25) is 0 Å². The fourth-order valence-electron chi connectivity index (χ4n) is 2.23. The van der Waals surface area contributed by atoms with E-state index in [-0.39, 0.29) is 12.2 Å². The summed E-state index contributed by atoms with van der Waals surface area (Å²) in [6.45, 7) is 5.95. The van der Waals surface area contributed by atoms with Crippen LogP contribution in [-0.4, -0.2) is 16.9 Å². The monoisotopic (exact) mass is 312 g/mol. The number of hydrogen-bond donors (Lipinski definition) is 1. The number of carbonyl (C=O) groups excluding carboxylic acids is 1. The predicted octanol–water partition coefficient (Wildman–Crippen LogP) is 4.54. The molecule has 1 unspecified atom stereocenters. The highest BCUT2D eigenvalue weighted by Crippen LogP contribution is 2.16. The highest BCUT2D eigenvalue weighted by atomic mass is 16.4. The molecular weight excluding hydrogens is 288 g/mol. The lowest BCUT2D eigenvalue weighted by Gasteiger charge is -2.12. The molecule has 0 aliphatic carbocycles. The number of carbonyl (C=O) groups is 2. The highest BCUT2D eigenvalue weighted by Gasteiger charge is 2.22. The van der Waals surface area contributed by atoms with Crippen molar-refractivity contribution in [2.75, 3.05) is 0 Å². The first-order valence-corrected chi connectivity index (χ1v) is 7.93. The van der Waals surface area contributed by atoms with Crippen LogP contribution in [0.5, 0.6) is 0 Å². The van der Waals surface area contributed by atoms with Crippen molar-refractivity contribution in [1.82, 2.24) is 0 Å². The number of hydrogen-bond acceptors (Lipinski definition) is 2. The van der Waals surface area contributed by atoms with Gasteiger partial charge in [-0.25, -0.2) is 0 Å². The number of aliphatic carboxylic acids is 1. The van der Waals surface area contributed by atoms with Gasteiger partial charge in [0.25, 0.3) is 0 Å². The zero-order chi connectivity index (χ0) is 17.2. The van der Waals surface area contributed by atoms with E-state index in [4.69, 9.17) is 0 Å². The number of aryl methyl sites for hydroxylation is 1. The fourth-order valence-corrected chi connectivity index (χ4v) is 2.23. The number of Topliss-reactive ketones (excluding diaryl/α,β-unsaturated/α-hetero) is 1. The number of ketones is 1. The van der Waals surface area contributed by atoms with E-state index < -0.39 is 11.9 Å². The second-order valence-corrected chi connectivity index (χ2v) is 5.22. The maximum atomic E-state index is 12.2. The van der Waals surface area contributed by atoms with Gasteiger partial charge in [0.05, 0.1) is 5.92 Å². The maximum absolute atomic E-state index is 12.2. The summed E-state index contributed by atoms with van der Waals surface area (Å²) < 4.78 is 0. The molecule has 0 aliphatic rings. The second-order valence-electron chi connectivity index (χ2n) is 5.22. The van der Waals surface area contributed by atoms with Gasteiger partial charge < -0.3 is 5.11 Å². The molecule has 0 saturated carbocycles. The van der Waals surface area contributed by atoms with Gasteiger partial charge in [0.15, 0.2) is 5.78 Å². The molecule has 23 heavy (non-hydrogen) atoms. The summed E-state index contributed by atoms with van der Waals surface area (Å²) in [5, 5.41) is 9.32. The van der Waals surface area contributed by atoms with E-state index in [2.05, 4.69) is 0 Å². The van der Waals surface area contributed by atoms with E-state index in [9.17, 15) is 14.7 Å². The maximum Gasteiger partial charge on any atom is 0.307 e. The lowest BCUT2D eigenvalue weighted by Crippen LogP contribution is -2.20. The Labute approximate surface area is 138 Å². The van der Waals surface area contributed by atoms with Crippen molar-refractivity contribution in [3.63, 3.8) is 0 Å². The molecular formula is C20H24O3. The van der Waals surface area contributed by atoms with Gasteiger partial charge in [-0.2, -0.15) is 0 Å². The largest absolute Gasteiger partial charge is 0.481 e. The number of benzene rings is 2. The zero-order valence-electron chi connectivity index (χ0n) is 14.0. The molecule has 0 amide bonds. The van der Waals surface area contributed by atoms with Crippen LogP contribution in [0.15, 0.2) is 54.6 Å². The lowest BCUT2D eigenvalue weighted by molar-refractivity contribution is -0.141. The summed E-state index contributed by atoms with van der Waals surface area (Å²) in [6.07, 6.45) is 0.390. The summed E-state index contributed by atoms with van der Waals surface area (Å²) >= 11 is 0. The first-order chi connectivity index (χ1) is 11.1. The van der Waals surface area contributed by atoms with Crippen LogP contribution in [0.2, 0.25) is 0 Å². The van der Waals surface area contributed by atoms with Crippen molar-refractivity contribution in [1.29, 1.82) is 0 Å². The molecule has 3 heteroatoms. The Morgan fingerprint density at radius 3 is 2.04 bits per heavy atom. The Balaban J connectivity index is 0.00000127. The van der Waals surface area contributed by atoms with Crippen LogP contribution < -0.4 is 0 Å². The molecule has 0 heterocycles. The Morgan fingerprint density at radius 1 is 0.957 bits per heavy atom. The van der Waals surface area contributed by atoms with Crippen molar-refractivity contribution in [3.05, 3.63) is 71.3 Å². The van der Waals surface area contributed by atoms with E-state index in [0.29, 0.717) is 12.0 Å². The van der Waals surface area contributed by atoms with E-state index in [1.165, 1.54) is 0 Å². The molecule has 1 atom stereocenters. The number of carboxylic acid groups (broad SMARTS) is 1. The van der Waals surface area contributed by atoms with Crippen LogP contribution >= 0.6 is 0 Å². The average Bonchev–Trinajstić information content (AvgIpc) is 2.57. The quantitative estimate of drug-likeness (QED) is 0.797. The number of carboxylic acids is 1. The van der Waals surface area contributed by atoms with E-state index in [0.717, 1.165) is 11.1 Å². The first-order valence-electron chi connectivity index (χ1n) is 7.93. The summed E-state index contributed by atoms with van der Waals surface area (Å²) in [7, 11) is 0. The molecule has 122 valence electrons. The Hall–Kier alpha value is -2.42. The van der Waals surface area contributed by atoms with Gasteiger partial charge in [-0.3, -0.25) is 9.59 Å². The van der Waals surface area contributed by atoms with Gasteiger partial charge in [-0.15, -0.1) is 0 Å². The van der Waals surface area contributed by atoms with E-state index in [1.807, 2.05) is 63.2 Å². The molecule has 2 aromatic rings. The molecule has 1 N–H and O–H groups in total. The Kier molecular flexibility index (Phi) is 7.75. The third-order valence-electron chi connectivity index (χ3n) is 3.48. The molecule has 0 fully saturated rings. The van der Waals surface area contributed by atoms with Crippen LogP contribution in [0.3, 0.4) is 0 Å². The molecule has 2 aromatic carbocycles. The van der Waals surface area contributed by atoms with Gasteiger partial charge in [0.1, 0.15) is 0 Å². The highest BCUT2D eigenvalue weighted by molar-refractivity contribution is 5.98. The van der Waals surface area contributed by atoms with Crippen LogP contribution in [0, 0.1) is 12.8 Å². The first kappa shape index (κ1) is 18.6. The summed E-state index contributed by atoms with van der Waals surface area (Å²) in [5.74, 6) is -1.75. The Morgan fingerprint density at radius 2 is 1.52 bits per heavy atom. The molecule has 0 aromatic heterocycles. The molecule has 0 spiro atoms. The molecule has 0 radical (unpaired) electrons. The molecule has 0 saturated heterocycles. The topological polar surface area (TPSA) is 54.4 Å². The van der Waals surface area contributed by atoms with Gasteiger partial charge in [-0.1, -0.05) is 74.0 Å². The molecule has 0 aliphatic heterocycles. The van der Waals surface area contributed by atoms with Crippen molar-refractivity contribution in [2.45, 2.75) is 33.6 Å². The van der Waals surface area contributed by atoms with Gasteiger partial charge >= 0.3 is 5.97 Å². The van der Waals surface area contributed by atoms with Crippen LogP contribution in [0.4, 0.5) is 0 Å². The zero-order valence-corrected chi connectivity index (χ0v) is 14.0.